The summed E-state index contributed by atoms with van der Waals surface area (Å²) in [5, 5.41) is 2.98. The minimum absolute atomic E-state index is 0.0549. The van der Waals surface area contributed by atoms with Gasteiger partial charge in [0.1, 0.15) is 11.5 Å². The van der Waals surface area contributed by atoms with Gasteiger partial charge < -0.3 is 14.8 Å². The van der Waals surface area contributed by atoms with E-state index in [2.05, 4.69) is 17.4 Å². The van der Waals surface area contributed by atoms with E-state index in [-0.39, 0.29) is 5.91 Å². The van der Waals surface area contributed by atoms with Gasteiger partial charge in [0.25, 0.3) is 5.91 Å². The molecule has 0 radical (unpaired) electrons. The first-order chi connectivity index (χ1) is 12.6. The molecule has 0 aliphatic carbocycles. The minimum atomic E-state index is -0.456. The molecule has 0 spiro atoms. The van der Waals surface area contributed by atoms with Gasteiger partial charge in [-0.1, -0.05) is 31.2 Å². The van der Waals surface area contributed by atoms with Crippen molar-refractivity contribution in [1.82, 2.24) is 5.32 Å². The Morgan fingerprint density at radius 1 is 1.08 bits per heavy atom. The number of amides is 1. The SMILES string of the molecule is CCOc1ccc(CCCNC(=O)[C@@H](CC)Oc2cccc(C)c2)cc1. The third-order valence-electron chi connectivity index (χ3n) is 4.11. The van der Waals surface area contributed by atoms with Crippen LogP contribution in [0.5, 0.6) is 11.5 Å². The summed E-state index contributed by atoms with van der Waals surface area (Å²) in [5.41, 5.74) is 2.36. The van der Waals surface area contributed by atoms with Gasteiger partial charge in [0.15, 0.2) is 6.10 Å². The first-order valence-electron chi connectivity index (χ1n) is 9.35. The molecule has 1 amide bonds. The maximum absolute atomic E-state index is 12.3. The first-order valence-corrected chi connectivity index (χ1v) is 9.35. The predicted octanol–water partition coefficient (Wildman–Crippen LogP) is 4.30. The molecule has 140 valence electrons. The maximum atomic E-state index is 12.3. The molecule has 0 bridgehead atoms. The molecule has 2 rings (SSSR count). The fraction of sp³-hybridized carbons (Fsp3) is 0.409. The van der Waals surface area contributed by atoms with Gasteiger partial charge in [-0.3, -0.25) is 4.79 Å². The fourth-order valence-corrected chi connectivity index (χ4v) is 2.71. The normalized spacial score (nSPS) is 11.7. The molecule has 0 unspecified atom stereocenters. The number of carbonyl (C=O) groups excluding carboxylic acids is 1. The summed E-state index contributed by atoms with van der Waals surface area (Å²) >= 11 is 0. The predicted molar refractivity (Wildman–Crippen MR) is 105 cm³/mol. The molecule has 4 nitrogen and oxygen atoms in total. The van der Waals surface area contributed by atoms with E-state index in [0.717, 1.165) is 29.9 Å². The van der Waals surface area contributed by atoms with Crippen LogP contribution in [0.25, 0.3) is 0 Å². The number of hydrogen-bond acceptors (Lipinski definition) is 3. The minimum Gasteiger partial charge on any atom is -0.494 e. The van der Waals surface area contributed by atoms with Crippen molar-refractivity contribution < 1.29 is 14.3 Å². The van der Waals surface area contributed by atoms with Gasteiger partial charge in [-0.15, -0.1) is 0 Å². The Morgan fingerprint density at radius 3 is 2.50 bits per heavy atom. The molecule has 0 saturated carbocycles. The Morgan fingerprint density at radius 2 is 1.85 bits per heavy atom. The second-order valence-corrected chi connectivity index (χ2v) is 6.30. The third kappa shape index (κ3) is 6.43. The van der Waals surface area contributed by atoms with Crippen molar-refractivity contribution in [3.05, 3.63) is 59.7 Å². The van der Waals surface area contributed by atoms with Crippen molar-refractivity contribution in [2.75, 3.05) is 13.2 Å². The van der Waals surface area contributed by atoms with E-state index < -0.39 is 6.10 Å². The maximum Gasteiger partial charge on any atom is 0.261 e. The second-order valence-electron chi connectivity index (χ2n) is 6.30. The Labute approximate surface area is 156 Å². The van der Waals surface area contributed by atoms with Gasteiger partial charge in [-0.2, -0.15) is 0 Å². The molecule has 1 atom stereocenters. The molecule has 2 aromatic carbocycles. The second kappa shape index (κ2) is 10.5. The average molecular weight is 355 g/mol. The zero-order chi connectivity index (χ0) is 18.8. The smallest absolute Gasteiger partial charge is 0.261 e. The summed E-state index contributed by atoms with van der Waals surface area (Å²) in [6, 6.07) is 15.9. The van der Waals surface area contributed by atoms with E-state index in [1.165, 1.54) is 5.56 Å². The zero-order valence-electron chi connectivity index (χ0n) is 16.0. The molecule has 0 aliphatic rings. The number of benzene rings is 2. The van der Waals surface area contributed by atoms with Crippen molar-refractivity contribution in [3.8, 4) is 11.5 Å². The van der Waals surface area contributed by atoms with Crippen LogP contribution in [-0.4, -0.2) is 25.2 Å². The molecule has 0 heterocycles. The summed E-state index contributed by atoms with van der Waals surface area (Å²) in [6.07, 6.45) is 1.99. The van der Waals surface area contributed by atoms with Gasteiger partial charge in [-0.05, 0) is 68.5 Å². The third-order valence-corrected chi connectivity index (χ3v) is 4.11. The molecule has 2 aromatic rings. The summed E-state index contributed by atoms with van der Waals surface area (Å²) < 4.78 is 11.3. The van der Waals surface area contributed by atoms with Crippen LogP contribution in [0.3, 0.4) is 0 Å². The Bertz CT molecular complexity index is 682. The standard InChI is InChI=1S/C22H29NO3/c1-4-21(26-20-10-6-8-17(3)16-20)22(24)23-15-7-9-18-11-13-19(14-12-18)25-5-2/h6,8,10-14,16,21H,4-5,7,9,15H2,1-3H3,(H,23,24)/t21-/m1/s1. The summed E-state index contributed by atoms with van der Waals surface area (Å²) in [6.45, 7) is 7.26. The van der Waals surface area contributed by atoms with Crippen molar-refractivity contribution >= 4 is 5.91 Å². The van der Waals surface area contributed by atoms with Gasteiger partial charge in [-0.25, -0.2) is 0 Å². The first kappa shape index (κ1) is 19.8. The summed E-state index contributed by atoms with van der Waals surface area (Å²) in [5.74, 6) is 1.57. The van der Waals surface area contributed by atoms with Crippen molar-refractivity contribution in [3.63, 3.8) is 0 Å². The van der Waals surface area contributed by atoms with Crippen LogP contribution in [0.2, 0.25) is 0 Å². The van der Waals surface area contributed by atoms with Crippen LogP contribution in [0, 0.1) is 6.92 Å². The van der Waals surface area contributed by atoms with Gasteiger partial charge >= 0.3 is 0 Å². The number of ether oxygens (including phenoxy) is 2. The molecule has 4 heteroatoms. The highest BCUT2D eigenvalue weighted by atomic mass is 16.5. The number of carbonyl (C=O) groups is 1. The van der Waals surface area contributed by atoms with Crippen molar-refractivity contribution in [1.29, 1.82) is 0 Å². The van der Waals surface area contributed by atoms with Crippen LogP contribution in [0.15, 0.2) is 48.5 Å². The Balaban J connectivity index is 1.74. The van der Waals surface area contributed by atoms with E-state index in [1.54, 1.807) is 0 Å². The largest absolute Gasteiger partial charge is 0.494 e. The van der Waals surface area contributed by atoms with E-state index in [9.17, 15) is 4.79 Å². The van der Waals surface area contributed by atoms with E-state index in [1.807, 2.05) is 57.2 Å². The molecule has 26 heavy (non-hydrogen) atoms. The Kier molecular flexibility index (Phi) is 8.00. The quantitative estimate of drug-likeness (QED) is 0.647. The van der Waals surface area contributed by atoms with Crippen LogP contribution >= 0.6 is 0 Å². The van der Waals surface area contributed by atoms with Gasteiger partial charge in [0.2, 0.25) is 0 Å². The van der Waals surface area contributed by atoms with Crippen LogP contribution in [0.4, 0.5) is 0 Å². The Hall–Kier alpha value is -2.49. The van der Waals surface area contributed by atoms with Crippen molar-refractivity contribution in [2.45, 2.75) is 46.1 Å². The lowest BCUT2D eigenvalue weighted by Crippen LogP contribution is -2.38. The van der Waals surface area contributed by atoms with Gasteiger partial charge in [0.05, 0.1) is 6.61 Å². The van der Waals surface area contributed by atoms with E-state index in [0.29, 0.717) is 19.6 Å². The van der Waals surface area contributed by atoms with Gasteiger partial charge in [0, 0.05) is 6.54 Å². The van der Waals surface area contributed by atoms with E-state index >= 15 is 0 Å². The highest BCUT2D eigenvalue weighted by Crippen LogP contribution is 2.16. The molecule has 0 saturated heterocycles. The lowest BCUT2D eigenvalue weighted by molar-refractivity contribution is -0.128. The molecule has 1 N–H and O–H groups in total. The fourth-order valence-electron chi connectivity index (χ4n) is 2.71. The molecule has 0 aliphatic heterocycles. The van der Waals surface area contributed by atoms with Crippen LogP contribution in [0.1, 0.15) is 37.8 Å². The number of aryl methyl sites for hydroxylation is 2. The summed E-state index contributed by atoms with van der Waals surface area (Å²) in [4.78, 5) is 12.3. The van der Waals surface area contributed by atoms with Crippen LogP contribution in [-0.2, 0) is 11.2 Å². The molecule has 0 fully saturated rings. The molecular formula is C22H29NO3. The highest BCUT2D eigenvalue weighted by molar-refractivity contribution is 5.81. The topological polar surface area (TPSA) is 47.6 Å². The lowest BCUT2D eigenvalue weighted by atomic mass is 10.1. The highest BCUT2D eigenvalue weighted by Gasteiger charge is 2.17. The number of hydrogen-bond donors (Lipinski definition) is 1. The van der Waals surface area contributed by atoms with Crippen molar-refractivity contribution in [2.24, 2.45) is 0 Å². The number of rotatable bonds is 10. The van der Waals surface area contributed by atoms with E-state index in [4.69, 9.17) is 9.47 Å². The lowest BCUT2D eigenvalue weighted by Gasteiger charge is -2.17. The molecule has 0 aromatic heterocycles. The molecular weight excluding hydrogens is 326 g/mol. The average Bonchev–Trinajstić information content (AvgIpc) is 2.64. The zero-order valence-corrected chi connectivity index (χ0v) is 16.0. The van der Waals surface area contributed by atoms with Crippen LogP contribution < -0.4 is 14.8 Å². The summed E-state index contributed by atoms with van der Waals surface area (Å²) in [7, 11) is 0. The monoisotopic (exact) mass is 355 g/mol. The number of nitrogens with one attached hydrogen (secondary N) is 1.